The van der Waals surface area contributed by atoms with Gasteiger partial charge in [0.05, 0.1) is 17.0 Å². The molecule has 2 aromatic rings. The maximum atomic E-state index is 12.5. The summed E-state index contributed by atoms with van der Waals surface area (Å²) in [6.45, 7) is 3.88. The lowest BCUT2D eigenvalue weighted by Crippen LogP contribution is -2.23. The number of hydrogen-bond acceptors (Lipinski definition) is 5. The summed E-state index contributed by atoms with van der Waals surface area (Å²) in [4.78, 5) is 12.5. The van der Waals surface area contributed by atoms with Crippen LogP contribution in [0.2, 0.25) is 0 Å². The number of tetrazole rings is 1. The third kappa shape index (κ3) is 3.97. The molecule has 1 amide bonds. The Bertz CT molecular complexity index is 729. The number of hydrogen-bond donors (Lipinski definition) is 1. The number of thioether (sulfide) groups is 1. The van der Waals surface area contributed by atoms with Crippen LogP contribution in [0.1, 0.15) is 44.2 Å². The molecule has 1 unspecified atom stereocenters. The van der Waals surface area contributed by atoms with E-state index in [-0.39, 0.29) is 11.2 Å². The van der Waals surface area contributed by atoms with E-state index >= 15 is 0 Å². The molecule has 1 aromatic heterocycles. The molecule has 1 atom stereocenters. The van der Waals surface area contributed by atoms with Crippen LogP contribution < -0.4 is 5.32 Å². The summed E-state index contributed by atoms with van der Waals surface area (Å²) in [5.41, 5.74) is 1.91. The highest BCUT2D eigenvalue weighted by Gasteiger charge is 2.24. The molecule has 1 heterocycles. The van der Waals surface area contributed by atoms with E-state index < -0.39 is 0 Å². The number of benzene rings is 1. The molecule has 0 saturated heterocycles. The summed E-state index contributed by atoms with van der Waals surface area (Å²) >= 11 is 4.88. The van der Waals surface area contributed by atoms with E-state index in [2.05, 4.69) is 36.8 Å². The van der Waals surface area contributed by atoms with Crippen LogP contribution in [0.25, 0.3) is 0 Å². The number of amides is 1. The fourth-order valence-corrected chi connectivity index (χ4v) is 4.26. The van der Waals surface area contributed by atoms with Crippen LogP contribution in [-0.4, -0.2) is 31.4 Å². The summed E-state index contributed by atoms with van der Waals surface area (Å²) in [6.07, 6.45) is 4.64. The second kappa shape index (κ2) is 7.65. The Labute approximate surface area is 153 Å². The van der Waals surface area contributed by atoms with Gasteiger partial charge in [0.25, 0.3) is 0 Å². The molecule has 1 aromatic carbocycles. The summed E-state index contributed by atoms with van der Waals surface area (Å²) in [5, 5.41) is 15.4. The zero-order chi connectivity index (χ0) is 17.1. The van der Waals surface area contributed by atoms with Crippen molar-refractivity contribution in [2.24, 2.45) is 0 Å². The highest BCUT2D eigenvalue weighted by Crippen LogP contribution is 2.33. The molecule has 6 nitrogen and oxygen atoms in total. The molecule has 0 bridgehead atoms. The van der Waals surface area contributed by atoms with Gasteiger partial charge in [-0.2, -0.15) is 0 Å². The molecule has 1 saturated carbocycles. The number of nitrogens with zero attached hydrogens (tertiary/aromatic N) is 4. The van der Waals surface area contributed by atoms with Crippen molar-refractivity contribution in [3.63, 3.8) is 0 Å². The second-order valence-electron chi connectivity index (χ2n) is 6.08. The molecule has 0 aliphatic heterocycles. The third-order valence-electron chi connectivity index (χ3n) is 4.17. The highest BCUT2D eigenvalue weighted by atomic mass is 79.9. The minimum Gasteiger partial charge on any atom is -0.324 e. The monoisotopic (exact) mass is 409 g/mol. The molecule has 1 aliphatic rings. The molecule has 1 N–H and O–H groups in total. The summed E-state index contributed by atoms with van der Waals surface area (Å²) < 4.78 is 2.76. The number of halogens is 1. The van der Waals surface area contributed by atoms with Crippen molar-refractivity contribution in [2.45, 2.75) is 56.0 Å². The molecular weight excluding hydrogens is 390 g/mol. The molecule has 8 heteroatoms. The van der Waals surface area contributed by atoms with E-state index in [9.17, 15) is 4.79 Å². The first kappa shape index (κ1) is 17.4. The largest absolute Gasteiger partial charge is 0.324 e. The van der Waals surface area contributed by atoms with E-state index in [4.69, 9.17) is 0 Å². The van der Waals surface area contributed by atoms with Crippen molar-refractivity contribution in [1.82, 2.24) is 20.2 Å². The lowest BCUT2D eigenvalue weighted by atomic mass is 10.2. The van der Waals surface area contributed by atoms with Gasteiger partial charge in [-0.15, -0.1) is 5.10 Å². The topological polar surface area (TPSA) is 72.7 Å². The van der Waals surface area contributed by atoms with Crippen LogP contribution in [0.4, 0.5) is 5.69 Å². The van der Waals surface area contributed by atoms with Crippen molar-refractivity contribution < 1.29 is 4.79 Å². The first-order valence-electron chi connectivity index (χ1n) is 8.06. The average Bonchev–Trinajstić information content (AvgIpc) is 3.20. The van der Waals surface area contributed by atoms with Crippen LogP contribution in [0.5, 0.6) is 0 Å². The smallest absolute Gasteiger partial charge is 0.237 e. The maximum absolute atomic E-state index is 12.5. The van der Waals surface area contributed by atoms with E-state index in [1.165, 1.54) is 24.6 Å². The minimum absolute atomic E-state index is 0.0643. The molecular formula is C16H20BrN5OS. The lowest BCUT2D eigenvalue weighted by Gasteiger charge is -2.15. The molecule has 128 valence electrons. The molecule has 24 heavy (non-hydrogen) atoms. The Kier molecular flexibility index (Phi) is 5.55. The predicted molar refractivity (Wildman–Crippen MR) is 98.1 cm³/mol. The number of anilines is 1. The van der Waals surface area contributed by atoms with Crippen LogP contribution in [0, 0.1) is 6.92 Å². The van der Waals surface area contributed by atoms with Gasteiger partial charge in [-0.05, 0) is 70.7 Å². The maximum Gasteiger partial charge on any atom is 0.237 e. The van der Waals surface area contributed by atoms with Crippen molar-refractivity contribution in [2.75, 3.05) is 5.32 Å². The van der Waals surface area contributed by atoms with E-state index in [0.29, 0.717) is 11.2 Å². The molecule has 3 rings (SSSR count). The van der Waals surface area contributed by atoms with Crippen LogP contribution in [0.15, 0.2) is 27.8 Å². The number of nitrogens with one attached hydrogen (secondary N) is 1. The van der Waals surface area contributed by atoms with Crippen molar-refractivity contribution in [1.29, 1.82) is 0 Å². The first-order chi connectivity index (χ1) is 11.5. The standard InChI is InChI=1S/C16H20BrN5OS/c1-10-7-8-14(13(17)9-10)18-15(23)11(2)24-16-19-20-21-22(16)12-5-3-4-6-12/h7-9,11-12H,3-6H2,1-2H3,(H,18,23). The summed E-state index contributed by atoms with van der Waals surface area (Å²) in [6, 6.07) is 6.22. The van der Waals surface area contributed by atoms with E-state index in [1.54, 1.807) is 0 Å². The number of carbonyl (C=O) groups is 1. The Morgan fingerprint density at radius 1 is 1.42 bits per heavy atom. The minimum atomic E-state index is -0.288. The number of aromatic nitrogens is 4. The molecule has 0 spiro atoms. The van der Waals surface area contributed by atoms with Crippen LogP contribution >= 0.6 is 27.7 Å². The van der Waals surface area contributed by atoms with E-state index in [1.807, 2.05) is 36.7 Å². The van der Waals surface area contributed by atoms with E-state index in [0.717, 1.165) is 28.6 Å². The highest BCUT2D eigenvalue weighted by molar-refractivity contribution is 9.10. The van der Waals surface area contributed by atoms with Crippen LogP contribution in [-0.2, 0) is 4.79 Å². The third-order valence-corrected chi connectivity index (χ3v) is 5.87. The van der Waals surface area contributed by atoms with Crippen molar-refractivity contribution >= 4 is 39.3 Å². The van der Waals surface area contributed by atoms with Crippen LogP contribution in [0.3, 0.4) is 0 Å². The Hall–Kier alpha value is -1.41. The van der Waals surface area contributed by atoms with Gasteiger partial charge in [0.1, 0.15) is 0 Å². The Balaban J connectivity index is 1.65. The average molecular weight is 410 g/mol. The normalized spacial score (nSPS) is 16.3. The number of carbonyl (C=O) groups excluding carboxylic acids is 1. The number of aryl methyl sites for hydroxylation is 1. The fourth-order valence-electron chi connectivity index (χ4n) is 2.81. The van der Waals surface area contributed by atoms with Crippen molar-refractivity contribution in [3.8, 4) is 0 Å². The van der Waals surface area contributed by atoms with Gasteiger partial charge in [0.2, 0.25) is 11.1 Å². The van der Waals surface area contributed by atoms with Gasteiger partial charge < -0.3 is 5.32 Å². The zero-order valence-corrected chi connectivity index (χ0v) is 16.1. The SMILES string of the molecule is Cc1ccc(NC(=O)C(C)Sc2nnnn2C2CCCC2)c(Br)c1. The van der Waals surface area contributed by atoms with Gasteiger partial charge in [-0.3, -0.25) is 4.79 Å². The molecule has 0 radical (unpaired) electrons. The number of rotatable bonds is 5. The van der Waals surface area contributed by atoms with Crippen molar-refractivity contribution in [3.05, 3.63) is 28.2 Å². The molecule has 1 aliphatic carbocycles. The van der Waals surface area contributed by atoms with Gasteiger partial charge in [-0.1, -0.05) is 30.7 Å². The summed E-state index contributed by atoms with van der Waals surface area (Å²) in [5.74, 6) is -0.0643. The lowest BCUT2D eigenvalue weighted by molar-refractivity contribution is -0.115. The fraction of sp³-hybridized carbons (Fsp3) is 0.500. The van der Waals surface area contributed by atoms with Gasteiger partial charge in [0.15, 0.2) is 0 Å². The Morgan fingerprint density at radius 2 is 2.17 bits per heavy atom. The second-order valence-corrected chi connectivity index (χ2v) is 8.24. The van der Waals surface area contributed by atoms with Gasteiger partial charge >= 0.3 is 0 Å². The summed E-state index contributed by atoms with van der Waals surface area (Å²) in [7, 11) is 0. The predicted octanol–water partition coefficient (Wildman–Crippen LogP) is 3.98. The quantitative estimate of drug-likeness (QED) is 0.755. The first-order valence-corrected chi connectivity index (χ1v) is 9.73. The Morgan fingerprint density at radius 3 is 2.88 bits per heavy atom. The molecule has 1 fully saturated rings. The van der Waals surface area contributed by atoms with Gasteiger partial charge in [0, 0.05) is 4.47 Å². The zero-order valence-electron chi connectivity index (χ0n) is 13.7. The van der Waals surface area contributed by atoms with Gasteiger partial charge in [-0.25, -0.2) is 4.68 Å².